The Morgan fingerprint density at radius 1 is 1.27 bits per heavy atom. The highest BCUT2D eigenvalue weighted by Gasteiger charge is 2.24. The maximum atomic E-state index is 12.3. The van der Waals surface area contributed by atoms with E-state index in [0.29, 0.717) is 6.61 Å². The quantitative estimate of drug-likeness (QED) is 0.545. The van der Waals surface area contributed by atoms with Crippen LogP contribution in [0.1, 0.15) is 63.9 Å². The number of aromatic amines is 1. The van der Waals surface area contributed by atoms with Crippen LogP contribution in [0.4, 0.5) is 0 Å². The van der Waals surface area contributed by atoms with Crippen LogP contribution in [-0.4, -0.2) is 22.5 Å². The van der Waals surface area contributed by atoms with E-state index < -0.39 is 0 Å². The average molecular weight is 302 g/mol. The van der Waals surface area contributed by atoms with Crippen molar-refractivity contribution in [3.05, 3.63) is 30.1 Å². The number of H-pyrrole nitrogens is 1. The Bertz CT molecular complexity index is 592. The topological polar surface area (TPSA) is 55.0 Å². The highest BCUT2D eigenvalue weighted by Crippen LogP contribution is 2.30. The molecule has 0 radical (unpaired) electrons. The van der Waals surface area contributed by atoms with Crippen molar-refractivity contribution in [3.8, 4) is 0 Å². The van der Waals surface area contributed by atoms with E-state index >= 15 is 0 Å². The van der Waals surface area contributed by atoms with Crippen molar-refractivity contribution in [3.63, 3.8) is 0 Å². The van der Waals surface area contributed by atoms with Crippen molar-refractivity contribution < 1.29 is 9.53 Å². The molecule has 0 spiro atoms. The van der Waals surface area contributed by atoms with E-state index in [1.54, 1.807) is 6.20 Å². The molecule has 4 heteroatoms. The molecule has 1 unspecified atom stereocenters. The fourth-order valence-corrected chi connectivity index (χ4v) is 2.86. The number of aromatic nitrogens is 2. The Labute approximate surface area is 132 Å². The molecule has 22 heavy (non-hydrogen) atoms. The summed E-state index contributed by atoms with van der Waals surface area (Å²) in [5.41, 5.74) is 1.84. The second-order valence-electron chi connectivity index (χ2n) is 5.65. The largest absolute Gasteiger partial charge is 0.466 e. The molecular weight excluding hydrogens is 276 g/mol. The Hall–Kier alpha value is -1.84. The molecule has 0 aliphatic rings. The normalized spacial score (nSPS) is 12.5. The molecule has 120 valence electrons. The van der Waals surface area contributed by atoms with Crippen molar-refractivity contribution in [1.82, 2.24) is 9.97 Å². The van der Waals surface area contributed by atoms with Gasteiger partial charge in [-0.05, 0) is 31.0 Å². The zero-order valence-corrected chi connectivity index (χ0v) is 13.6. The second-order valence-corrected chi connectivity index (χ2v) is 5.65. The van der Waals surface area contributed by atoms with Gasteiger partial charge in [0, 0.05) is 17.8 Å². The molecule has 1 atom stereocenters. The summed E-state index contributed by atoms with van der Waals surface area (Å²) in [7, 11) is 0. The summed E-state index contributed by atoms with van der Waals surface area (Å²) < 4.78 is 5.28. The lowest BCUT2D eigenvalue weighted by atomic mass is 9.93. The second kappa shape index (κ2) is 8.57. The van der Waals surface area contributed by atoms with Gasteiger partial charge in [0.1, 0.15) is 5.65 Å². The van der Waals surface area contributed by atoms with Gasteiger partial charge in [0.25, 0.3) is 0 Å². The molecule has 4 nitrogen and oxygen atoms in total. The van der Waals surface area contributed by atoms with Crippen LogP contribution in [0.3, 0.4) is 0 Å². The van der Waals surface area contributed by atoms with E-state index in [9.17, 15) is 4.79 Å². The van der Waals surface area contributed by atoms with Gasteiger partial charge >= 0.3 is 5.97 Å². The maximum Gasteiger partial charge on any atom is 0.313 e. The van der Waals surface area contributed by atoms with E-state index in [-0.39, 0.29) is 11.9 Å². The van der Waals surface area contributed by atoms with Crippen molar-refractivity contribution in [2.24, 2.45) is 0 Å². The van der Waals surface area contributed by atoms with E-state index in [4.69, 9.17) is 4.74 Å². The number of ether oxygens (including phenoxy) is 1. The smallest absolute Gasteiger partial charge is 0.313 e. The van der Waals surface area contributed by atoms with Crippen molar-refractivity contribution >= 4 is 17.0 Å². The van der Waals surface area contributed by atoms with Gasteiger partial charge in [0.2, 0.25) is 0 Å². The van der Waals surface area contributed by atoms with Crippen LogP contribution in [-0.2, 0) is 9.53 Å². The van der Waals surface area contributed by atoms with Gasteiger partial charge in [-0.25, -0.2) is 4.98 Å². The number of nitrogens with one attached hydrogen (secondary N) is 1. The molecule has 2 heterocycles. The predicted molar refractivity (Wildman–Crippen MR) is 88.8 cm³/mol. The number of carbonyl (C=O) groups is 1. The minimum atomic E-state index is -0.195. The number of pyridine rings is 1. The minimum absolute atomic E-state index is 0.122. The summed E-state index contributed by atoms with van der Waals surface area (Å²) in [4.78, 5) is 19.8. The number of fused-ring (bicyclic) bond motifs is 1. The third kappa shape index (κ3) is 4.09. The molecule has 2 rings (SSSR count). The molecule has 0 saturated carbocycles. The van der Waals surface area contributed by atoms with Crippen LogP contribution in [0.2, 0.25) is 0 Å². The summed E-state index contributed by atoms with van der Waals surface area (Å²) in [6, 6.07) is 3.92. The van der Waals surface area contributed by atoms with E-state index in [2.05, 4.69) is 16.9 Å². The molecule has 2 aromatic heterocycles. The number of rotatable bonds is 9. The van der Waals surface area contributed by atoms with Gasteiger partial charge in [-0.2, -0.15) is 0 Å². The third-order valence-electron chi connectivity index (χ3n) is 4.03. The zero-order valence-electron chi connectivity index (χ0n) is 13.6. The van der Waals surface area contributed by atoms with Crippen LogP contribution in [0, 0.1) is 0 Å². The Morgan fingerprint density at radius 3 is 2.86 bits per heavy atom. The molecule has 0 fully saturated rings. The van der Waals surface area contributed by atoms with Crippen LogP contribution in [0.5, 0.6) is 0 Å². The monoisotopic (exact) mass is 302 g/mol. The zero-order chi connectivity index (χ0) is 15.8. The van der Waals surface area contributed by atoms with Gasteiger partial charge in [-0.1, -0.05) is 39.0 Å². The van der Waals surface area contributed by atoms with Crippen LogP contribution >= 0.6 is 0 Å². The summed E-state index contributed by atoms with van der Waals surface area (Å²) in [5, 5.41) is 1.02. The number of unbranched alkanes of at least 4 members (excludes halogenated alkanes) is 4. The van der Waals surface area contributed by atoms with Crippen LogP contribution < -0.4 is 0 Å². The summed E-state index contributed by atoms with van der Waals surface area (Å²) in [6.45, 7) is 4.49. The van der Waals surface area contributed by atoms with Crippen LogP contribution in [0.15, 0.2) is 24.5 Å². The standard InChI is InChI=1S/C18H26N2O2/c1-3-5-6-7-8-10-15(18(21)22-4-2)16-13-20-17-14(16)11-9-12-19-17/h9,11-13,15H,3-8,10H2,1-2H3,(H,19,20). The molecule has 0 bridgehead atoms. The Kier molecular flexibility index (Phi) is 6.44. The van der Waals surface area contributed by atoms with Gasteiger partial charge in [0.05, 0.1) is 12.5 Å². The van der Waals surface area contributed by atoms with Crippen molar-refractivity contribution in [2.75, 3.05) is 6.61 Å². The highest BCUT2D eigenvalue weighted by atomic mass is 16.5. The van der Waals surface area contributed by atoms with Crippen molar-refractivity contribution in [2.45, 2.75) is 58.3 Å². The van der Waals surface area contributed by atoms with E-state index in [1.165, 1.54) is 25.7 Å². The lowest BCUT2D eigenvalue weighted by Gasteiger charge is -2.15. The average Bonchev–Trinajstić information content (AvgIpc) is 2.95. The first-order chi connectivity index (χ1) is 10.8. The Balaban J connectivity index is 2.11. The van der Waals surface area contributed by atoms with Gasteiger partial charge < -0.3 is 9.72 Å². The van der Waals surface area contributed by atoms with Gasteiger partial charge in [0.15, 0.2) is 0 Å². The number of esters is 1. The first-order valence-corrected chi connectivity index (χ1v) is 8.36. The first-order valence-electron chi connectivity index (χ1n) is 8.36. The number of hydrogen-bond acceptors (Lipinski definition) is 3. The third-order valence-corrected chi connectivity index (χ3v) is 4.03. The molecule has 0 aromatic carbocycles. The minimum Gasteiger partial charge on any atom is -0.466 e. The van der Waals surface area contributed by atoms with Crippen molar-refractivity contribution in [1.29, 1.82) is 0 Å². The summed E-state index contributed by atoms with van der Waals surface area (Å²) >= 11 is 0. The number of carbonyl (C=O) groups excluding carboxylic acids is 1. The molecule has 0 aliphatic carbocycles. The fourth-order valence-electron chi connectivity index (χ4n) is 2.86. The number of hydrogen-bond donors (Lipinski definition) is 1. The fraction of sp³-hybridized carbons (Fsp3) is 0.556. The Morgan fingerprint density at radius 2 is 2.09 bits per heavy atom. The molecule has 0 aliphatic heterocycles. The maximum absolute atomic E-state index is 12.3. The van der Waals surface area contributed by atoms with E-state index in [0.717, 1.165) is 29.4 Å². The molecular formula is C18H26N2O2. The predicted octanol–water partition coefficient (Wildman–Crippen LogP) is 4.57. The SMILES string of the molecule is CCCCCCCC(C(=O)OCC)c1c[nH]c2ncccc12. The highest BCUT2D eigenvalue weighted by molar-refractivity contribution is 5.88. The van der Waals surface area contributed by atoms with Gasteiger partial charge in [-0.15, -0.1) is 0 Å². The van der Waals surface area contributed by atoms with Crippen LogP contribution in [0.25, 0.3) is 11.0 Å². The molecule has 0 saturated heterocycles. The first kappa shape index (κ1) is 16.5. The molecule has 0 amide bonds. The lowest BCUT2D eigenvalue weighted by molar-refractivity contribution is -0.145. The molecule has 1 N–H and O–H groups in total. The van der Waals surface area contributed by atoms with E-state index in [1.807, 2.05) is 25.3 Å². The summed E-state index contributed by atoms with van der Waals surface area (Å²) in [6.07, 6.45) is 10.5. The molecule has 2 aromatic rings. The van der Waals surface area contributed by atoms with Gasteiger partial charge in [-0.3, -0.25) is 4.79 Å². The number of nitrogens with zero attached hydrogens (tertiary/aromatic N) is 1. The summed E-state index contributed by atoms with van der Waals surface area (Å²) in [5.74, 6) is -0.317. The lowest BCUT2D eigenvalue weighted by Crippen LogP contribution is -2.16.